The largest absolute Gasteiger partial charge is 0.280 e. The highest BCUT2D eigenvalue weighted by Gasteiger charge is 2.30. The molecule has 1 saturated heterocycles. The summed E-state index contributed by atoms with van der Waals surface area (Å²) in [4.78, 5) is 0.344. The first-order chi connectivity index (χ1) is 13.6. The Bertz CT molecular complexity index is 1040. The van der Waals surface area contributed by atoms with Gasteiger partial charge in [-0.15, -0.1) is 0 Å². The van der Waals surface area contributed by atoms with Crippen molar-refractivity contribution in [2.75, 3.05) is 11.3 Å². The lowest BCUT2D eigenvalue weighted by Gasteiger charge is -2.32. The summed E-state index contributed by atoms with van der Waals surface area (Å²) in [6, 6.07) is 12.6. The molecule has 1 atom stereocenters. The molecule has 1 heterocycles. The number of hydrogen-bond acceptors (Lipinski definition) is 4. The van der Waals surface area contributed by atoms with Crippen LogP contribution in [-0.2, 0) is 20.0 Å². The Morgan fingerprint density at radius 2 is 1.48 bits per heavy atom. The monoisotopic (exact) mass is 436 g/mol. The van der Waals surface area contributed by atoms with E-state index in [0.717, 1.165) is 24.8 Å². The normalized spacial score (nSPS) is 18.7. The molecular formula is C21H28N2O4S2. The maximum Gasteiger partial charge on any atom is 0.261 e. The van der Waals surface area contributed by atoms with Crippen molar-refractivity contribution in [2.45, 2.75) is 61.8 Å². The highest BCUT2D eigenvalue weighted by molar-refractivity contribution is 7.92. The standard InChI is InChI=1S/C21H28N2O4S2/c1-16(2)18-7-11-20(12-8-18)28(24,25)22-19-9-13-21(14-10-19)29(26,27)23-15-5-4-6-17(23)3/h7-14,16-17,22H,4-6,15H2,1-3H3. The Balaban J connectivity index is 1.77. The van der Waals surface area contributed by atoms with E-state index in [0.29, 0.717) is 18.2 Å². The molecule has 0 aromatic heterocycles. The van der Waals surface area contributed by atoms with Crippen LogP contribution in [0, 0.1) is 0 Å². The zero-order chi connectivity index (χ0) is 21.2. The van der Waals surface area contributed by atoms with Crippen molar-refractivity contribution >= 4 is 25.7 Å². The van der Waals surface area contributed by atoms with Crippen LogP contribution in [-0.4, -0.2) is 33.7 Å². The predicted octanol–water partition coefficient (Wildman–Crippen LogP) is 4.17. The molecular weight excluding hydrogens is 408 g/mol. The van der Waals surface area contributed by atoms with Crippen LogP contribution in [0.2, 0.25) is 0 Å². The Labute approximate surface area is 174 Å². The molecule has 0 aliphatic carbocycles. The lowest BCUT2D eigenvalue weighted by molar-refractivity contribution is 0.268. The fourth-order valence-electron chi connectivity index (χ4n) is 3.51. The highest BCUT2D eigenvalue weighted by Crippen LogP contribution is 2.26. The first-order valence-electron chi connectivity index (χ1n) is 9.86. The van der Waals surface area contributed by atoms with Gasteiger partial charge in [0.1, 0.15) is 0 Å². The van der Waals surface area contributed by atoms with Crippen LogP contribution in [0.25, 0.3) is 0 Å². The van der Waals surface area contributed by atoms with Gasteiger partial charge in [0.05, 0.1) is 9.79 Å². The molecule has 0 spiro atoms. The Morgan fingerprint density at radius 1 is 0.897 bits per heavy atom. The van der Waals surface area contributed by atoms with Crippen LogP contribution in [0.5, 0.6) is 0 Å². The van der Waals surface area contributed by atoms with E-state index >= 15 is 0 Å². The summed E-state index contributed by atoms with van der Waals surface area (Å²) < 4.78 is 55.1. The van der Waals surface area contributed by atoms with Gasteiger partial charge in [0.2, 0.25) is 10.0 Å². The number of sulfonamides is 2. The third kappa shape index (κ3) is 4.82. The first-order valence-corrected chi connectivity index (χ1v) is 12.8. The van der Waals surface area contributed by atoms with Gasteiger partial charge in [0, 0.05) is 18.3 Å². The van der Waals surface area contributed by atoms with Gasteiger partial charge in [-0.25, -0.2) is 16.8 Å². The van der Waals surface area contributed by atoms with Gasteiger partial charge >= 0.3 is 0 Å². The van der Waals surface area contributed by atoms with Crippen molar-refractivity contribution in [1.29, 1.82) is 0 Å². The minimum absolute atomic E-state index is 0.0271. The van der Waals surface area contributed by atoms with Gasteiger partial charge in [-0.2, -0.15) is 4.31 Å². The summed E-state index contributed by atoms with van der Waals surface area (Å²) >= 11 is 0. The van der Waals surface area contributed by atoms with Gasteiger partial charge in [0.25, 0.3) is 10.0 Å². The molecule has 1 aliphatic heterocycles. The SMILES string of the molecule is CC(C)c1ccc(S(=O)(=O)Nc2ccc(S(=O)(=O)N3CCCCC3C)cc2)cc1. The van der Waals surface area contributed by atoms with Crippen LogP contribution in [0.15, 0.2) is 58.3 Å². The number of anilines is 1. The number of piperidine rings is 1. The second kappa shape index (κ2) is 8.45. The maximum absolute atomic E-state index is 12.9. The van der Waals surface area contributed by atoms with Crippen molar-refractivity contribution in [3.63, 3.8) is 0 Å². The number of rotatable bonds is 6. The van der Waals surface area contributed by atoms with E-state index in [1.54, 1.807) is 24.3 Å². The van der Waals surface area contributed by atoms with Crippen molar-refractivity contribution in [3.8, 4) is 0 Å². The molecule has 2 aromatic carbocycles. The molecule has 8 heteroatoms. The highest BCUT2D eigenvalue weighted by atomic mass is 32.2. The minimum Gasteiger partial charge on any atom is -0.280 e. The summed E-state index contributed by atoms with van der Waals surface area (Å²) in [5, 5.41) is 0. The van der Waals surface area contributed by atoms with E-state index in [2.05, 4.69) is 4.72 Å². The molecule has 6 nitrogen and oxygen atoms in total. The van der Waals surface area contributed by atoms with Crippen molar-refractivity contribution in [3.05, 3.63) is 54.1 Å². The molecule has 0 bridgehead atoms. The number of hydrogen-bond donors (Lipinski definition) is 1. The number of nitrogens with one attached hydrogen (secondary N) is 1. The third-order valence-corrected chi connectivity index (χ3v) is 8.74. The second-order valence-corrected chi connectivity index (χ2v) is 11.4. The Hall–Kier alpha value is -1.90. The van der Waals surface area contributed by atoms with E-state index in [-0.39, 0.29) is 15.8 Å². The zero-order valence-corrected chi connectivity index (χ0v) is 18.6. The first kappa shape index (κ1) is 21.8. The quantitative estimate of drug-likeness (QED) is 0.736. The lowest BCUT2D eigenvalue weighted by Crippen LogP contribution is -2.41. The molecule has 29 heavy (non-hydrogen) atoms. The van der Waals surface area contributed by atoms with E-state index in [1.165, 1.54) is 28.6 Å². The summed E-state index contributed by atoms with van der Waals surface area (Å²) in [5.41, 5.74) is 1.38. The van der Waals surface area contributed by atoms with E-state index < -0.39 is 20.0 Å². The number of benzene rings is 2. The Kier molecular flexibility index (Phi) is 6.36. The van der Waals surface area contributed by atoms with Crippen molar-refractivity contribution < 1.29 is 16.8 Å². The summed E-state index contributed by atoms with van der Waals surface area (Å²) in [5.74, 6) is 0.317. The third-order valence-electron chi connectivity index (χ3n) is 5.31. The molecule has 158 valence electrons. The fraction of sp³-hybridized carbons (Fsp3) is 0.429. The molecule has 3 rings (SSSR count). The molecule has 1 unspecified atom stereocenters. The molecule has 1 fully saturated rings. The van der Waals surface area contributed by atoms with Gasteiger partial charge in [0.15, 0.2) is 0 Å². The maximum atomic E-state index is 12.9. The average molecular weight is 437 g/mol. The van der Waals surface area contributed by atoms with E-state index in [9.17, 15) is 16.8 Å². The topological polar surface area (TPSA) is 83.5 Å². The predicted molar refractivity (Wildman–Crippen MR) is 115 cm³/mol. The minimum atomic E-state index is -3.74. The summed E-state index contributed by atoms with van der Waals surface area (Å²) in [7, 11) is -7.32. The van der Waals surface area contributed by atoms with Crippen LogP contribution in [0.1, 0.15) is 51.5 Å². The smallest absolute Gasteiger partial charge is 0.261 e. The molecule has 1 aliphatic rings. The number of nitrogens with zero attached hydrogens (tertiary/aromatic N) is 1. The van der Waals surface area contributed by atoms with Gasteiger partial charge in [-0.05, 0) is 67.6 Å². The fourth-order valence-corrected chi connectivity index (χ4v) is 6.26. The Morgan fingerprint density at radius 3 is 2.03 bits per heavy atom. The van der Waals surface area contributed by atoms with Crippen LogP contribution in [0.3, 0.4) is 0 Å². The molecule has 0 saturated carbocycles. The van der Waals surface area contributed by atoms with Gasteiger partial charge in [-0.3, -0.25) is 4.72 Å². The van der Waals surface area contributed by atoms with E-state index in [1.807, 2.05) is 20.8 Å². The lowest BCUT2D eigenvalue weighted by atomic mass is 10.0. The summed E-state index contributed by atoms with van der Waals surface area (Å²) in [6.45, 7) is 6.53. The van der Waals surface area contributed by atoms with E-state index in [4.69, 9.17) is 0 Å². The van der Waals surface area contributed by atoms with Crippen molar-refractivity contribution in [1.82, 2.24) is 4.31 Å². The van der Waals surface area contributed by atoms with Crippen LogP contribution < -0.4 is 4.72 Å². The van der Waals surface area contributed by atoms with Crippen LogP contribution >= 0.6 is 0 Å². The molecule has 1 N–H and O–H groups in total. The van der Waals surface area contributed by atoms with Crippen LogP contribution in [0.4, 0.5) is 5.69 Å². The molecule has 2 aromatic rings. The second-order valence-electron chi connectivity index (χ2n) is 7.81. The summed E-state index contributed by atoms with van der Waals surface area (Å²) in [6.07, 6.45) is 2.75. The molecule has 0 amide bonds. The van der Waals surface area contributed by atoms with Gasteiger partial charge in [-0.1, -0.05) is 32.4 Å². The average Bonchev–Trinajstić information content (AvgIpc) is 2.68. The zero-order valence-electron chi connectivity index (χ0n) is 17.0. The van der Waals surface area contributed by atoms with Gasteiger partial charge < -0.3 is 0 Å². The molecule has 0 radical (unpaired) electrons. The van der Waals surface area contributed by atoms with Crippen molar-refractivity contribution in [2.24, 2.45) is 0 Å².